The Morgan fingerprint density at radius 2 is 1.28 bits per heavy atom. The van der Waals surface area contributed by atoms with Crippen molar-refractivity contribution in [1.29, 1.82) is 0 Å². The van der Waals surface area contributed by atoms with Crippen LogP contribution in [0, 0.1) is 0 Å². The standard InChI is InChI=1S/C27H32O16/c28-7-15-18(32)21(35)23(37)26(41-15)40-14-6-13-17(11(31)5-12(39-13)9-1-3-10(30)4-2-9)20(34)25(14)43-27-24(38)22(36)19(33)16(8-29)42-27/h1-4,6,12,15-16,18-19,21-24,26-30,32-38H,5,7-8H2/t12-,15+,16+,18+,19+,21-,22-,23+,24+,26-,27+/m0/s1. The Kier molecular flexibility index (Phi) is 8.96. The number of rotatable bonds is 7. The minimum absolute atomic E-state index is 0.0193. The Hall–Kier alpha value is -3.29. The van der Waals surface area contributed by atoms with Gasteiger partial charge in [-0.15, -0.1) is 0 Å². The summed E-state index contributed by atoms with van der Waals surface area (Å²) >= 11 is 0. The van der Waals surface area contributed by atoms with Gasteiger partial charge in [0.05, 0.1) is 19.6 Å². The SMILES string of the molecule is O=C1C[C@@H](c2ccc(O)cc2)Oc2cc(O[C@H]3O[C@H](CO)[C@@H](O)[C@H](O)[C@H]3O)c(O[C@H]3O[C@H](CO)[C@@H](O)[C@H](O)[C@H]3O)c(O)c21. The largest absolute Gasteiger partial charge is 0.508 e. The van der Waals surface area contributed by atoms with Gasteiger partial charge in [0.2, 0.25) is 18.3 Å². The summed E-state index contributed by atoms with van der Waals surface area (Å²) in [4.78, 5) is 13.2. The molecule has 0 saturated carbocycles. The van der Waals surface area contributed by atoms with Crippen molar-refractivity contribution >= 4 is 5.78 Å². The Morgan fingerprint density at radius 1 is 0.744 bits per heavy atom. The number of aromatic hydroxyl groups is 2. The van der Waals surface area contributed by atoms with Crippen molar-refractivity contribution in [3.05, 3.63) is 41.5 Å². The van der Waals surface area contributed by atoms with Gasteiger partial charge < -0.3 is 74.7 Å². The van der Waals surface area contributed by atoms with E-state index in [9.17, 15) is 55.9 Å². The lowest BCUT2D eigenvalue weighted by Gasteiger charge is -2.41. The summed E-state index contributed by atoms with van der Waals surface area (Å²) in [6, 6.07) is 6.92. The summed E-state index contributed by atoms with van der Waals surface area (Å²) in [7, 11) is 0. The molecule has 3 aliphatic rings. The molecule has 16 nitrogen and oxygen atoms in total. The molecular formula is C27H32O16. The van der Waals surface area contributed by atoms with Crippen molar-refractivity contribution in [3.8, 4) is 28.7 Å². The van der Waals surface area contributed by atoms with Crippen LogP contribution in [-0.2, 0) is 9.47 Å². The second-order valence-electron chi connectivity index (χ2n) is 10.4. The number of aliphatic hydroxyl groups is 8. The third-order valence-corrected chi connectivity index (χ3v) is 7.54. The number of carbonyl (C=O) groups is 1. The molecule has 0 radical (unpaired) electrons. The van der Waals surface area contributed by atoms with Crippen molar-refractivity contribution in [2.75, 3.05) is 13.2 Å². The number of phenolic OH excluding ortho intramolecular Hbond substituents is 2. The molecule has 2 fully saturated rings. The predicted molar refractivity (Wildman–Crippen MR) is 137 cm³/mol. The lowest BCUT2D eigenvalue weighted by atomic mass is 9.95. The van der Waals surface area contributed by atoms with E-state index in [1.807, 2.05) is 0 Å². The Balaban J connectivity index is 1.55. The van der Waals surface area contributed by atoms with E-state index >= 15 is 0 Å². The van der Waals surface area contributed by atoms with Crippen molar-refractivity contribution in [2.24, 2.45) is 0 Å². The fraction of sp³-hybridized carbons (Fsp3) is 0.519. The van der Waals surface area contributed by atoms with Gasteiger partial charge in [-0.25, -0.2) is 0 Å². The summed E-state index contributed by atoms with van der Waals surface area (Å²) < 4.78 is 28.0. The van der Waals surface area contributed by atoms with E-state index in [1.54, 1.807) is 0 Å². The van der Waals surface area contributed by atoms with Crippen LogP contribution in [-0.4, -0.2) is 131 Å². The fourth-order valence-corrected chi connectivity index (χ4v) is 5.08. The first-order valence-corrected chi connectivity index (χ1v) is 13.3. The highest BCUT2D eigenvalue weighted by Crippen LogP contribution is 2.50. The summed E-state index contributed by atoms with van der Waals surface area (Å²) in [5, 5.41) is 102. The molecule has 0 spiro atoms. The monoisotopic (exact) mass is 612 g/mol. The van der Waals surface area contributed by atoms with Crippen LogP contribution in [0.1, 0.15) is 28.4 Å². The highest BCUT2D eigenvalue weighted by atomic mass is 16.7. The first-order valence-electron chi connectivity index (χ1n) is 13.3. The predicted octanol–water partition coefficient (Wildman–Crippen LogP) is -2.84. The molecule has 3 heterocycles. The lowest BCUT2D eigenvalue weighted by molar-refractivity contribution is -0.282. The molecule has 2 aromatic carbocycles. The van der Waals surface area contributed by atoms with Gasteiger partial charge in [-0.1, -0.05) is 12.1 Å². The summed E-state index contributed by atoms with van der Waals surface area (Å²) in [6.45, 7) is -1.57. The summed E-state index contributed by atoms with van der Waals surface area (Å²) in [5.41, 5.74) is 0.144. The molecule has 0 amide bonds. The fourth-order valence-electron chi connectivity index (χ4n) is 5.08. The average molecular weight is 613 g/mol. The van der Waals surface area contributed by atoms with Gasteiger partial charge in [0.25, 0.3) is 0 Å². The van der Waals surface area contributed by atoms with Crippen LogP contribution in [0.3, 0.4) is 0 Å². The van der Waals surface area contributed by atoms with E-state index in [0.717, 1.165) is 6.07 Å². The Labute approximate surface area is 243 Å². The molecule has 11 atom stereocenters. The van der Waals surface area contributed by atoms with E-state index in [2.05, 4.69) is 0 Å². The highest BCUT2D eigenvalue weighted by Gasteiger charge is 2.48. The molecular weight excluding hydrogens is 580 g/mol. The molecule has 0 bridgehead atoms. The topological polar surface area (TPSA) is 266 Å². The highest BCUT2D eigenvalue weighted by molar-refractivity contribution is 6.03. The van der Waals surface area contributed by atoms with Crippen LogP contribution >= 0.6 is 0 Å². The number of carbonyl (C=O) groups excluding carboxylic acids is 1. The van der Waals surface area contributed by atoms with Crippen LogP contribution in [0.15, 0.2) is 30.3 Å². The average Bonchev–Trinajstić information content (AvgIpc) is 2.99. The quantitative estimate of drug-likeness (QED) is 0.151. The lowest BCUT2D eigenvalue weighted by Crippen LogP contribution is -2.60. The van der Waals surface area contributed by atoms with Crippen LogP contribution in [0.25, 0.3) is 0 Å². The molecule has 0 aliphatic carbocycles. The molecule has 0 unspecified atom stereocenters. The minimum atomic E-state index is -1.93. The number of Topliss-reactive ketones (excluding diaryl/α,β-unsaturated/α-hetero) is 1. The molecule has 2 saturated heterocycles. The number of aliphatic hydroxyl groups excluding tert-OH is 8. The third-order valence-electron chi connectivity index (χ3n) is 7.54. The van der Waals surface area contributed by atoms with Crippen LogP contribution in [0.5, 0.6) is 28.7 Å². The van der Waals surface area contributed by atoms with Crippen LogP contribution < -0.4 is 14.2 Å². The second-order valence-corrected chi connectivity index (χ2v) is 10.4. The maximum absolute atomic E-state index is 13.2. The summed E-state index contributed by atoms with van der Waals surface area (Å²) in [6.07, 6.45) is -18.5. The Bertz CT molecular complexity index is 1300. The normalized spacial score (nSPS) is 36.0. The number of phenols is 2. The third kappa shape index (κ3) is 5.82. The van der Waals surface area contributed by atoms with E-state index in [1.165, 1.54) is 24.3 Å². The zero-order chi connectivity index (χ0) is 31.2. The van der Waals surface area contributed by atoms with Crippen molar-refractivity contribution in [3.63, 3.8) is 0 Å². The maximum Gasteiger partial charge on any atom is 0.229 e. The number of ketones is 1. The van der Waals surface area contributed by atoms with Crippen LogP contribution in [0.4, 0.5) is 0 Å². The molecule has 3 aliphatic heterocycles. The molecule has 16 heteroatoms. The van der Waals surface area contributed by atoms with Crippen molar-refractivity contribution in [1.82, 2.24) is 0 Å². The minimum Gasteiger partial charge on any atom is -0.508 e. The second kappa shape index (κ2) is 12.4. The van der Waals surface area contributed by atoms with Gasteiger partial charge >= 0.3 is 0 Å². The smallest absolute Gasteiger partial charge is 0.229 e. The van der Waals surface area contributed by atoms with Crippen molar-refractivity contribution < 1.29 is 79.5 Å². The zero-order valence-electron chi connectivity index (χ0n) is 22.3. The number of benzene rings is 2. The van der Waals surface area contributed by atoms with Gasteiger partial charge in [0, 0.05) is 6.07 Å². The van der Waals surface area contributed by atoms with Gasteiger partial charge in [-0.2, -0.15) is 0 Å². The number of ether oxygens (including phenoxy) is 5. The Morgan fingerprint density at radius 3 is 1.81 bits per heavy atom. The molecule has 43 heavy (non-hydrogen) atoms. The zero-order valence-corrected chi connectivity index (χ0v) is 22.3. The van der Waals surface area contributed by atoms with E-state index in [0.29, 0.717) is 5.56 Å². The van der Waals surface area contributed by atoms with Gasteiger partial charge in [0.1, 0.15) is 72.0 Å². The molecule has 0 aromatic heterocycles. The number of hydrogen-bond acceptors (Lipinski definition) is 16. The van der Waals surface area contributed by atoms with Gasteiger partial charge in [0.15, 0.2) is 17.3 Å². The molecule has 2 aromatic rings. The van der Waals surface area contributed by atoms with E-state index < -0.39 is 104 Å². The molecule has 236 valence electrons. The number of fused-ring (bicyclic) bond motifs is 1. The van der Waals surface area contributed by atoms with E-state index in [4.69, 9.17) is 23.7 Å². The van der Waals surface area contributed by atoms with E-state index in [-0.39, 0.29) is 23.5 Å². The number of hydrogen-bond donors (Lipinski definition) is 10. The van der Waals surface area contributed by atoms with Crippen molar-refractivity contribution in [2.45, 2.75) is 73.9 Å². The molecule has 5 rings (SSSR count). The molecule has 10 N–H and O–H groups in total. The van der Waals surface area contributed by atoms with Crippen LogP contribution in [0.2, 0.25) is 0 Å². The van der Waals surface area contributed by atoms with Gasteiger partial charge in [-0.3, -0.25) is 4.79 Å². The summed E-state index contributed by atoms with van der Waals surface area (Å²) in [5.74, 6) is -2.91. The first-order chi connectivity index (χ1) is 20.4. The maximum atomic E-state index is 13.2. The first kappa shape index (κ1) is 31.1. The van der Waals surface area contributed by atoms with Gasteiger partial charge in [-0.05, 0) is 17.7 Å².